The molecule has 1 aromatic carbocycles. The van der Waals surface area contributed by atoms with Gasteiger partial charge in [-0.3, -0.25) is 4.79 Å². The van der Waals surface area contributed by atoms with Crippen molar-refractivity contribution in [3.05, 3.63) is 29.6 Å². The summed E-state index contributed by atoms with van der Waals surface area (Å²) in [4.78, 5) is 13.2. The molecule has 0 heterocycles. The van der Waals surface area contributed by atoms with Crippen LogP contribution in [0.5, 0.6) is 0 Å². The number of amides is 1. The maximum Gasteiger partial charge on any atom is 0.261 e. The standard InChI is InChI=1S/C12H15ClFNO3S/c1-4-15(8(2)3)12(16)10-6-5-9(7-11(10)14)19(13,17)18/h5-8H,4H2,1-3H3. The molecule has 19 heavy (non-hydrogen) atoms. The third kappa shape index (κ3) is 3.67. The van der Waals surface area contributed by atoms with Crippen molar-refractivity contribution in [2.75, 3.05) is 6.54 Å². The van der Waals surface area contributed by atoms with Crippen LogP contribution >= 0.6 is 10.7 Å². The molecule has 0 aromatic heterocycles. The fourth-order valence-electron chi connectivity index (χ4n) is 1.72. The van der Waals surface area contributed by atoms with Crippen molar-refractivity contribution in [1.29, 1.82) is 0 Å². The smallest absolute Gasteiger partial charge is 0.261 e. The Hall–Kier alpha value is -1.14. The van der Waals surface area contributed by atoms with Crippen LogP contribution in [-0.4, -0.2) is 31.8 Å². The first-order valence-electron chi connectivity index (χ1n) is 5.73. The highest BCUT2D eigenvalue weighted by atomic mass is 35.7. The van der Waals surface area contributed by atoms with Gasteiger partial charge in [-0.05, 0) is 39.0 Å². The Morgan fingerprint density at radius 1 is 1.42 bits per heavy atom. The van der Waals surface area contributed by atoms with Crippen molar-refractivity contribution in [2.45, 2.75) is 31.7 Å². The summed E-state index contributed by atoms with van der Waals surface area (Å²) >= 11 is 0. The van der Waals surface area contributed by atoms with Gasteiger partial charge in [0.05, 0.1) is 10.5 Å². The van der Waals surface area contributed by atoms with E-state index in [1.54, 1.807) is 6.92 Å². The molecule has 0 spiro atoms. The number of halogens is 2. The first-order chi connectivity index (χ1) is 8.68. The van der Waals surface area contributed by atoms with Gasteiger partial charge in [0.1, 0.15) is 5.82 Å². The Kier molecular flexibility index (Phi) is 4.92. The summed E-state index contributed by atoms with van der Waals surface area (Å²) in [6, 6.07) is 2.93. The summed E-state index contributed by atoms with van der Waals surface area (Å²) in [6.07, 6.45) is 0. The van der Waals surface area contributed by atoms with Gasteiger partial charge in [-0.1, -0.05) is 0 Å². The van der Waals surface area contributed by atoms with E-state index in [-0.39, 0.29) is 16.5 Å². The maximum atomic E-state index is 13.8. The molecule has 1 rings (SSSR count). The van der Waals surface area contributed by atoms with Gasteiger partial charge in [0, 0.05) is 23.3 Å². The second kappa shape index (κ2) is 5.88. The molecule has 0 unspecified atom stereocenters. The molecule has 7 heteroatoms. The number of hydrogen-bond acceptors (Lipinski definition) is 3. The normalized spacial score (nSPS) is 11.7. The Morgan fingerprint density at radius 3 is 2.37 bits per heavy atom. The highest BCUT2D eigenvalue weighted by molar-refractivity contribution is 8.13. The zero-order chi connectivity index (χ0) is 14.8. The number of rotatable bonds is 4. The molecular weight excluding hydrogens is 293 g/mol. The number of benzene rings is 1. The minimum atomic E-state index is -4.00. The van der Waals surface area contributed by atoms with E-state index < -0.39 is 20.8 Å². The van der Waals surface area contributed by atoms with Gasteiger partial charge in [0.15, 0.2) is 0 Å². The molecule has 0 aliphatic carbocycles. The largest absolute Gasteiger partial charge is 0.336 e. The lowest BCUT2D eigenvalue weighted by Gasteiger charge is -2.25. The Bertz CT molecular complexity index is 587. The van der Waals surface area contributed by atoms with E-state index in [0.717, 1.165) is 18.2 Å². The summed E-state index contributed by atoms with van der Waals surface area (Å²) in [6.45, 7) is 5.85. The molecule has 0 N–H and O–H groups in total. The van der Waals surface area contributed by atoms with E-state index in [9.17, 15) is 17.6 Å². The van der Waals surface area contributed by atoms with E-state index in [0.29, 0.717) is 6.54 Å². The maximum absolute atomic E-state index is 13.8. The monoisotopic (exact) mass is 307 g/mol. The van der Waals surface area contributed by atoms with E-state index in [2.05, 4.69) is 0 Å². The van der Waals surface area contributed by atoms with Crippen LogP contribution in [0.1, 0.15) is 31.1 Å². The fraction of sp³-hybridized carbons (Fsp3) is 0.417. The van der Waals surface area contributed by atoms with E-state index >= 15 is 0 Å². The highest BCUT2D eigenvalue weighted by Gasteiger charge is 2.22. The van der Waals surface area contributed by atoms with Crippen molar-refractivity contribution in [3.8, 4) is 0 Å². The first-order valence-corrected chi connectivity index (χ1v) is 8.04. The van der Waals surface area contributed by atoms with Crippen molar-refractivity contribution in [2.24, 2.45) is 0 Å². The van der Waals surface area contributed by atoms with Gasteiger partial charge in [0.25, 0.3) is 15.0 Å². The molecule has 0 aliphatic heterocycles. The molecule has 0 saturated heterocycles. The van der Waals surface area contributed by atoms with E-state index in [4.69, 9.17) is 10.7 Å². The minimum absolute atomic E-state index is 0.0756. The van der Waals surface area contributed by atoms with Gasteiger partial charge in [0.2, 0.25) is 0 Å². The van der Waals surface area contributed by atoms with Gasteiger partial charge < -0.3 is 4.90 Å². The van der Waals surface area contributed by atoms with Crippen LogP contribution in [0, 0.1) is 5.82 Å². The molecule has 1 aromatic rings. The third-order valence-corrected chi connectivity index (χ3v) is 4.03. The second-order valence-corrected chi connectivity index (χ2v) is 6.83. The highest BCUT2D eigenvalue weighted by Crippen LogP contribution is 2.20. The molecule has 0 radical (unpaired) electrons. The quantitative estimate of drug-likeness (QED) is 0.804. The van der Waals surface area contributed by atoms with Crippen molar-refractivity contribution in [1.82, 2.24) is 4.90 Å². The summed E-state index contributed by atoms with van der Waals surface area (Å²) in [7, 11) is 1.11. The molecule has 106 valence electrons. The zero-order valence-electron chi connectivity index (χ0n) is 10.9. The van der Waals surface area contributed by atoms with Gasteiger partial charge in [-0.25, -0.2) is 12.8 Å². The SMILES string of the molecule is CCN(C(=O)c1ccc(S(=O)(=O)Cl)cc1F)C(C)C. The number of carbonyl (C=O) groups is 1. The Morgan fingerprint density at radius 2 is 2.00 bits per heavy atom. The molecule has 0 aliphatic rings. The van der Waals surface area contributed by atoms with Crippen LogP contribution in [0.15, 0.2) is 23.1 Å². The van der Waals surface area contributed by atoms with Crippen LogP contribution < -0.4 is 0 Å². The molecule has 0 saturated carbocycles. The van der Waals surface area contributed by atoms with Crippen molar-refractivity contribution in [3.63, 3.8) is 0 Å². The molecule has 0 bridgehead atoms. The van der Waals surface area contributed by atoms with Gasteiger partial charge in [-0.2, -0.15) is 0 Å². The topological polar surface area (TPSA) is 54.5 Å². The Balaban J connectivity index is 3.20. The average molecular weight is 308 g/mol. The summed E-state index contributed by atoms with van der Waals surface area (Å²) in [5.41, 5.74) is -0.167. The molecule has 1 amide bonds. The van der Waals surface area contributed by atoms with E-state index in [1.165, 1.54) is 4.90 Å². The average Bonchev–Trinajstić information content (AvgIpc) is 2.27. The Labute approximate surface area is 116 Å². The van der Waals surface area contributed by atoms with Crippen LogP contribution in [-0.2, 0) is 9.05 Å². The predicted molar refractivity (Wildman–Crippen MR) is 71.3 cm³/mol. The summed E-state index contributed by atoms with van der Waals surface area (Å²) in [5.74, 6) is -1.38. The predicted octanol–water partition coefficient (Wildman–Crippen LogP) is 2.62. The fourth-order valence-corrected chi connectivity index (χ4v) is 2.48. The lowest BCUT2D eigenvalue weighted by Crippen LogP contribution is -2.37. The molecular formula is C12H15ClFNO3S. The minimum Gasteiger partial charge on any atom is -0.336 e. The molecule has 4 nitrogen and oxygen atoms in total. The van der Waals surface area contributed by atoms with Crippen molar-refractivity contribution >= 4 is 25.6 Å². The van der Waals surface area contributed by atoms with Crippen LogP contribution in [0.4, 0.5) is 4.39 Å². The summed E-state index contributed by atoms with van der Waals surface area (Å²) in [5, 5.41) is 0. The first kappa shape index (κ1) is 15.9. The molecule has 0 fully saturated rings. The second-order valence-electron chi connectivity index (χ2n) is 4.26. The lowest BCUT2D eigenvalue weighted by atomic mass is 10.1. The van der Waals surface area contributed by atoms with Crippen molar-refractivity contribution < 1.29 is 17.6 Å². The summed E-state index contributed by atoms with van der Waals surface area (Å²) < 4.78 is 36.0. The van der Waals surface area contributed by atoms with Crippen LogP contribution in [0.2, 0.25) is 0 Å². The third-order valence-electron chi connectivity index (χ3n) is 2.68. The zero-order valence-corrected chi connectivity index (χ0v) is 12.4. The number of hydrogen-bond donors (Lipinski definition) is 0. The van der Waals surface area contributed by atoms with Crippen LogP contribution in [0.3, 0.4) is 0 Å². The number of nitrogens with zero attached hydrogens (tertiary/aromatic N) is 1. The lowest BCUT2D eigenvalue weighted by molar-refractivity contribution is 0.0712. The van der Waals surface area contributed by atoms with Crippen LogP contribution in [0.25, 0.3) is 0 Å². The number of carbonyl (C=O) groups excluding carboxylic acids is 1. The van der Waals surface area contributed by atoms with Gasteiger partial charge in [-0.15, -0.1) is 0 Å². The van der Waals surface area contributed by atoms with E-state index in [1.807, 2.05) is 13.8 Å². The molecule has 0 atom stereocenters. The van der Waals surface area contributed by atoms with Gasteiger partial charge >= 0.3 is 0 Å².